The number of carbonyl (C=O) groups is 2. The molecule has 5 heteroatoms. The Kier molecular flexibility index (Phi) is 6.55. The van der Waals surface area contributed by atoms with Crippen molar-refractivity contribution in [3.05, 3.63) is 65.2 Å². The highest BCUT2D eigenvalue weighted by Crippen LogP contribution is 2.25. The molecule has 1 N–H and O–H groups in total. The van der Waals surface area contributed by atoms with Crippen LogP contribution in [0.4, 0.5) is 5.69 Å². The van der Waals surface area contributed by atoms with Crippen molar-refractivity contribution >= 4 is 23.6 Å². The Balaban J connectivity index is 1.96. The van der Waals surface area contributed by atoms with Gasteiger partial charge >= 0.3 is 5.97 Å². The third kappa shape index (κ3) is 5.48. The molecule has 26 heavy (non-hydrogen) atoms. The number of aryl methyl sites for hydroxylation is 2. The van der Waals surface area contributed by atoms with Crippen molar-refractivity contribution in [3.8, 4) is 5.75 Å². The topological polar surface area (TPSA) is 64.6 Å². The van der Waals surface area contributed by atoms with Gasteiger partial charge in [-0.25, -0.2) is 4.79 Å². The molecule has 1 amide bonds. The van der Waals surface area contributed by atoms with E-state index < -0.39 is 18.0 Å². The van der Waals surface area contributed by atoms with Crippen molar-refractivity contribution in [2.24, 2.45) is 0 Å². The molecule has 0 saturated carbocycles. The standard InChI is InChI=1S/C21H23NO4/c1-14-6-5-7-17(12-14)9-11-20(23)26-16(3)21(24)22-18-13-15(2)8-10-19(18)25-4/h5-13,16H,1-4H3,(H,22,24)/b11-9+/t16-/m1/s1. The van der Waals surface area contributed by atoms with Crippen molar-refractivity contribution < 1.29 is 19.1 Å². The zero-order chi connectivity index (χ0) is 19.1. The van der Waals surface area contributed by atoms with Gasteiger partial charge in [-0.3, -0.25) is 4.79 Å². The SMILES string of the molecule is COc1ccc(C)cc1NC(=O)[C@@H](C)OC(=O)/C=C/c1cccc(C)c1. The zero-order valence-corrected chi connectivity index (χ0v) is 15.4. The molecule has 136 valence electrons. The quantitative estimate of drug-likeness (QED) is 0.632. The van der Waals surface area contributed by atoms with E-state index in [4.69, 9.17) is 9.47 Å². The Hall–Kier alpha value is -3.08. The van der Waals surface area contributed by atoms with Crippen molar-refractivity contribution in [1.82, 2.24) is 0 Å². The van der Waals surface area contributed by atoms with Crippen molar-refractivity contribution in [3.63, 3.8) is 0 Å². The van der Waals surface area contributed by atoms with Gasteiger partial charge < -0.3 is 14.8 Å². The van der Waals surface area contributed by atoms with Crippen molar-refractivity contribution in [1.29, 1.82) is 0 Å². The maximum Gasteiger partial charge on any atom is 0.331 e. The number of carbonyl (C=O) groups excluding carboxylic acids is 2. The Morgan fingerprint density at radius 1 is 1.08 bits per heavy atom. The maximum absolute atomic E-state index is 12.3. The molecule has 0 aliphatic carbocycles. The minimum atomic E-state index is -0.935. The summed E-state index contributed by atoms with van der Waals surface area (Å²) < 4.78 is 10.4. The lowest BCUT2D eigenvalue weighted by atomic mass is 10.1. The van der Waals surface area contributed by atoms with Gasteiger partial charge in [0, 0.05) is 6.08 Å². The number of methoxy groups -OCH3 is 1. The van der Waals surface area contributed by atoms with E-state index in [0.717, 1.165) is 16.7 Å². The van der Waals surface area contributed by atoms with Gasteiger partial charge in [-0.1, -0.05) is 35.9 Å². The first kappa shape index (κ1) is 19.2. The molecule has 0 fully saturated rings. The molecule has 0 spiro atoms. The summed E-state index contributed by atoms with van der Waals surface area (Å²) in [6, 6.07) is 13.2. The lowest BCUT2D eigenvalue weighted by molar-refractivity contribution is -0.148. The van der Waals surface area contributed by atoms with Gasteiger partial charge in [-0.2, -0.15) is 0 Å². The summed E-state index contributed by atoms with van der Waals surface area (Å²) in [5.41, 5.74) is 3.51. The average molecular weight is 353 g/mol. The van der Waals surface area contributed by atoms with E-state index in [2.05, 4.69) is 5.32 Å². The average Bonchev–Trinajstić information content (AvgIpc) is 2.60. The molecule has 0 aromatic heterocycles. The summed E-state index contributed by atoms with van der Waals surface area (Å²) in [6.07, 6.45) is 2.03. The monoisotopic (exact) mass is 353 g/mol. The first-order valence-electron chi connectivity index (χ1n) is 8.30. The third-order valence-electron chi connectivity index (χ3n) is 3.73. The summed E-state index contributed by atoms with van der Waals surface area (Å²) in [5, 5.41) is 2.72. The molecule has 0 heterocycles. The number of nitrogens with one attached hydrogen (secondary N) is 1. The normalized spacial score (nSPS) is 11.8. The number of hydrogen-bond acceptors (Lipinski definition) is 4. The molecular weight excluding hydrogens is 330 g/mol. The zero-order valence-electron chi connectivity index (χ0n) is 15.4. The number of benzene rings is 2. The highest BCUT2D eigenvalue weighted by molar-refractivity contribution is 5.97. The maximum atomic E-state index is 12.3. The molecule has 0 aliphatic heterocycles. The van der Waals surface area contributed by atoms with Crippen LogP contribution in [0.2, 0.25) is 0 Å². The predicted octanol–water partition coefficient (Wildman–Crippen LogP) is 3.90. The van der Waals surface area contributed by atoms with Crippen LogP contribution in [-0.2, 0) is 14.3 Å². The van der Waals surface area contributed by atoms with E-state index >= 15 is 0 Å². The Morgan fingerprint density at radius 3 is 2.50 bits per heavy atom. The lowest BCUT2D eigenvalue weighted by Gasteiger charge is -2.15. The van der Waals surface area contributed by atoms with Gasteiger partial charge in [-0.05, 0) is 50.1 Å². The van der Waals surface area contributed by atoms with Crippen LogP contribution in [-0.4, -0.2) is 25.1 Å². The fourth-order valence-electron chi connectivity index (χ4n) is 2.36. The lowest BCUT2D eigenvalue weighted by Crippen LogP contribution is -2.29. The van der Waals surface area contributed by atoms with E-state index in [1.54, 1.807) is 18.2 Å². The van der Waals surface area contributed by atoms with Crippen molar-refractivity contribution in [2.75, 3.05) is 12.4 Å². The van der Waals surface area contributed by atoms with E-state index in [0.29, 0.717) is 11.4 Å². The van der Waals surface area contributed by atoms with Gasteiger partial charge in [0.15, 0.2) is 6.10 Å². The first-order valence-corrected chi connectivity index (χ1v) is 8.30. The van der Waals surface area contributed by atoms with Crippen LogP contribution in [0.15, 0.2) is 48.5 Å². The minimum absolute atomic E-state index is 0.425. The molecule has 0 aliphatic rings. The Labute approximate surface area is 153 Å². The van der Waals surface area contributed by atoms with E-state index in [1.807, 2.05) is 44.2 Å². The molecule has 1 atom stereocenters. The van der Waals surface area contributed by atoms with Crippen LogP contribution in [0.1, 0.15) is 23.6 Å². The fraction of sp³-hybridized carbons (Fsp3) is 0.238. The van der Waals surface area contributed by atoms with Gasteiger partial charge in [0.1, 0.15) is 5.75 Å². The highest BCUT2D eigenvalue weighted by atomic mass is 16.5. The molecule has 5 nitrogen and oxygen atoms in total. The number of amides is 1. The molecule has 0 unspecified atom stereocenters. The van der Waals surface area contributed by atoms with Crippen LogP contribution >= 0.6 is 0 Å². The Bertz CT molecular complexity index is 827. The fourth-order valence-corrected chi connectivity index (χ4v) is 2.36. The second-order valence-corrected chi connectivity index (χ2v) is 6.02. The second kappa shape index (κ2) is 8.85. The second-order valence-electron chi connectivity index (χ2n) is 6.02. The smallest absolute Gasteiger partial charge is 0.331 e. The van der Waals surface area contributed by atoms with Crippen LogP contribution < -0.4 is 10.1 Å². The number of anilines is 1. The van der Waals surface area contributed by atoms with Gasteiger partial charge in [0.25, 0.3) is 5.91 Å². The summed E-state index contributed by atoms with van der Waals surface area (Å²) in [4.78, 5) is 24.2. The van der Waals surface area contributed by atoms with Crippen LogP contribution in [0.25, 0.3) is 6.08 Å². The van der Waals surface area contributed by atoms with Crippen LogP contribution in [0.5, 0.6) is 5.75 Å². The van der Waals surface area contributed by atoms with Gasteiger partial charge in [0.05, 0.1) is 12.8 Å². The van der Waals surface area contributed by atoms with Crippen LogP contribution in [0, 0.1) is 13.8 Å². The van der Waals surface area contributed by atoms with E-state index in [9.17, 15) is 9.59 Å². The third-order valence-corrected chi connectivity index (χ3v) is 3.73. The summed E-state index contributed by atoms with van der Waals surface area (Å²) in [5.74, 6) is -0.460. The largest absolute Gasteiger partial charge is 0.495 e. The molecule has 2 rings (SSSR count). The number of esters is 1. The minimum Gasteiger partial charge on any atom is -0.495 e. The van der Waals surface area contributed by atoms with Crippen LogP contribution in [0.3, 0.4) is 0 Å². The molecule has 2 aromatic carbocycles. The Morgan fingerprint density at radius 2 is 1.81 bits per heavy atom. The summed E-state index contributed by atoms with van der Waals surface area (Å²) in [7, 11) is 1.53. The first-order chi connectivity index (χ1) is 12.4. The summed E-state index contributed by atoms with van der Waals surface area (Å²) >= 11 is 0. The van der Waals surface area contributed by atoms with E-state index in [1.165, 1.54) is 20.1 Å². The molecule has 0 radical (unpaired) electrons. The number of rotatable bonds is 6. The molecule has 0 bridgehead atoms. The predicted molar refractivity (Wildman–Crippen MR) is 102 cm³/mol. The van der Waals surface area contributed by atoms with E-state index in [-0.39, 0.29) is 0 Å². The van der Waals surface area contributed by atoms with Gasteiger partial charge in [0.2, 0.25) is 0 Å². The van der Waals surface area contributed by atoms with Gasteiger partial charge in [-0.15, -0.1) is 0 Å². The highest BCUT2D eigenvalue weighted by Gasteiger charge is 2.18. The number of hydrogen-bond donors (Lipinski definition) is 1. The molecule has 0 saturated heterocycles. The molecule has 2 aromatic rings. The van der Waals surface area contributed by atoms with Crippen molar-refractivity contribution in [2.45, 2.75) is 26.9 Å². The molecular formula is C21H23NO4. The number of ether oxygens (including phenoxy) is 2. The summed E-state index contributed by atoms with van der Waals surface area (Å²) in [6.45, 7) is 5.41.